The van der Waals surface area contributed by atoms with E-state index in [0.29, 0.717) is 23.5 Å². The highest BCUT2D eigenvalue weighted by Crippen LogP contribution is 2.38. The van der Waals surface area contributed by atoms with Gasteiger partial charge in [-0.2, -0.15) is 0 Å². The molecule has 0 fully saturated rings. The average Bonchev–Trinajstić information content (AvgIpc) is 3.40. The summed E-state index contributed by atoms with van der Waals surface area (Å²) in [6.45, 7) is 4.56. The number of nitrogens with zero attached hydrogens (tertiary/aromatic N) is 4. The van der Waals surface area contributed by atoms with Crippen LogP contribution in [0.2, 0.25) is 0 Å². The van der Waals surface area contributed by atoms with Crippen molar-refractivity contribution in [3.05, 3.63) is 60.5 Å². The van der Waals surface area contributed by atoms with Crippen LogP contribution in [0.4, 0.5) is 10.8 Å². The van der Waals surface area contributed by atoms with Crippen molar-refractivity contribution in [1.82, 2.24) is 20.4 Å². The number of thioether (sulfide) groups is 1. The Morgan fingerprint density at radius 3 is 2.66 bits per heavy atom. The SMILES string of the molecule is CCOc1ccccc1Nc1nnc(S[C@H](C)c2nnc(-c3ccccc3)o2)s1. The van der Waals surface area contributed by atoms with Gasteiger partial charge in [0.15, 0.2) is 4.34 Å². The van der Waals surface area contributed by atoms with Crippen LogP contribution in [-0.2, 0) is 0 Å². The van der Waals surface area contributed by atoms with Crippen molar-refractivity contribution in [3.8, 4) is 17.2 Å². The Balaban J connectivity index is 1.42. The maximum Gasteiger partial charge on any atom is 0.247 e. The molecule has 2 aromatic carbocycles. The zero-order valence-corrected chi connectivity index (χ0v) is 17.5. The molecule has 2 aromatic heterocycles. The Kier molecular flexibility index (Phi) is 6.06. The number of hydrogen-bond donors (Lipinski definition) is 1. The second-order valence-electron chi connectivity index (χ2n) is 6.00. The van der Waals surface area contributed by atoms with Crippen LogP contribution in [0.1, 0.15) is 25.0 Å². The van der Waals surface area contributed by atoms with E-state index in [1.807, 2.05) is 68.4 Å². The van der Waals surface area contributed by atoms with Gasteiger partial charge in [0, 0.05) is 5.56 Å². The molecule has 7 nitrogen and oxygen atoms in total. The molecule has 4 rings (SSSR count). The zero-order chi connectivity index (χ0) is 20.1. The van der Waals surface area contributed by atoms with Crippen LogP contribution in [0.25, 0.3) is 11.5 Å². The summed E-state index contributed by atoms with van der Waals surface area (Å²) in [6.07, 6.45) is 0. The van der Waals surface area contributed by atoms with Gasteiger partial charge in [-0.15, -0.1) is 20.4 Å². The van der Waals surface area contributed by atoms with Crippen molar-refractivity contribution in [3.63, 3.8) is 0 Å². The molecule has 0 bridgehead atoms. The number of benzene rings is 2. The maximum atomic E-state index is 5.83. The first-order valence-electron chi connectivity index (χ1n) is 9.10. The second-order valence-corrected chi connectivity index (χ2v) is 8.56. The molecule has 4 aromatic rings. The highest BCUT2D eigenvalue weighted by Gasteiger charge is 2.18. The molecule has 0 aliphatic heterocycles. The van der Waals surface area contributed by atoms with Crippen molar-refractivity contribution in [2.24, 2.45) is 0 Å². The van der Waals surface area contributed by atoms with E-state index in [2.05, 4.69) is 25.7 Å². The molecule has 2 heterocycles. The minimum absolute atomic E-state index is 0.0449. The minimum Gasteiger partial charge on any atom is -0.492 e. The van der Waals surface area contributed by atoms with Crippen LogP contribution in [0, 0.1) is 0 Å². The predicted octanol–water partition coefficient (Wildman–Crippen LogP) is 5.58. The summed E-state index contributed by atoms with van der Waals surface area (Å²) in [4.78, 5) is 0. The van der Waals surface area contributed by atoms with Gasteiger partial charge in [-0.1, -0.05) is 53.4 Å². The standard InChI is InChI=1S/C20H19N5O2S2/c1-3-26-16-12-8-7-11-15(16)21-19-24-25-20(29-19)28-13(2)17-22-23-18(27-17)14-9-5-4-6-10-14/h4-13H,3H2,1-2H3,(H,21,24)/t13-/m1/s1. The lowest BCUT2D eigenvalue weighted by Crippen LogP contribution is -1.97. The quantitative estimate of drug-likeness (QED) is 0.366. The third-order valence-corrected chi connectivity index (χ3v) is 5.93. The lowest BCUT2D eigenvalue weighted by Gasteiger charge is -2.09. The third kappa shape index (κ3) is 4.75. The van der Waals surface area contributed by atoms with Crippen molar-refractivity contribution >= 4 is 33.9 Å². The molecule has 148 valence electrons. The number of hydrogen-bond acceptors (Lipinski definition) is 9. The number of rotatable bonds is 8. The molecule has 0 amide bonds. The molecule has 9 heteroatoms. The first-order chi connectivity index (χ1) is 14.2. The summed E-state index contributed by atoms with van der Waals surface area (Å²) < 4.78 is 12.3. The molecular weight excluding hydrogens is 406 g/mol. The number of ether oxygens (including phenoxy) is 1. The Hall–Kier alpha value is -2.91. The molecule has 1 N–H and O–H groups in total. The maximum absolute atomic E-state index is 5.83. The van der Waals surface area contributed by atoms with Gasteiger partial charge in [-0.25, -0.2) is 0 Å². The molecule has 0 saturated heterocycles. The van der Waals surface area contributed by atoms with Crippen molar-refractivity contribution < 1.29 is 9.15 Å². The third-order valence-electron chi connectivity index (χ3n) is 3.92. The monoisotopic (exact) mass is 425 g/mol. The summed E-state index contributed by atoms with van der Waals surface area (Å²) in [5.41, 5.74) is 1.76. The predicted molar refractivity (Wildman–Crippen MR) is 115 cm³/mol. The fourth-order valence-corrected chi connectivity index (χ4v) is 4.51. The Morgan fingerprint density at radius 2 is 1.83 bits per heavy atom. The molecule has 0 saturated carbocycles. The van der Waals surface area contributed by atoms with E-state index in [0.717, 1.165) is 21.3 Å². The molecule has 0 aliphatic carbocycles. The first kappa shape index (κ1) is 19.4. The molecule has 0 aliphatic rings. The zero-order valence-electron chi connectivity index (χ0n) is 15.9. The van der Waals surface area contributed by atoms with Gasteiger partial charge >= 0.3 is 0 Å². The Morgan fingerprint density at radius 1 is 1.03 bits per heavy atom. The number of nitrogens with one attached hydrogen (secondary N) is 1. The lowest BCUT2D eigenvalue weighted by atomic mass is 10.2. The van der Waals surface area contributed by atoms with E-state index in [9.17, 15) is 0 Å². The smallest absolute Gasteiger partial charge is 0.247 e. The first-order valence-corrected chi connectivity index (χ1v) is 10.8. The van der Waals surface area contributed by atoms with E-state index in [1.54, 1.807) is 0 Å². The van der Waals surface area contributed by atoms with E-state index in [4.69, 9.17) is 9.15 Å². The molecule has 0 unspecified atom stereocenters. The van der Waals surface area contributed by atoms with Gasteiger partial charge in [0.25, 0.3) is 0 Å². The largest absolute Gasteiger partial charge is 0.492 e. The van der Waals surface area contributed by atoms with Gasteiger partial charge in [0.1, 0.15) is 5.75 Å². The fraction of sp³-hybridized carbons (Fsp3) is 0.200. The topological polar surface area (TPSA) is 86.0 Å². The molecule has 0 radical (unpaired) electrons. The van der Waals surface area contributed by atoms with Crippen LogP contribution in [0.15, 0.2) is 63.4 Å². The van der Waals surface area contributed by atoms with E-state index >= 15 is 0 Å². The van der Waals surface area contributed by atoms with Crippen LogP contribution in [0.3, 0.4) is 0 Å². The van der Waals surface area contributed by atoms with Gasteiger partial charge in [0.2, 0.25) is 16.9 Å². The van der Waals surface area contributed by atoms with E-state index in [1.165, 1.54) is 23.1 Å². The van der Waals surface area contributed by atoms with E-state index in [-0.39, 0.29) is 5.25 Å². The van der Waals surface area contributed by atoms with Crippen molar-refractivity contribution in [2.75, 3.05) is 11.9 Å². The number of para-hydroxylation sites is 2. The number of aromatic nitrogens is 4. The lowest BCUT2D eigenvalue weighted by molar-refractivity contribution is 0.342. The minimum atomic E-state index is -0.0449. The van der Waals surface area contributed by atoms with Crippen LogP contribution in [-0.4, -0.2) is 27.0 Å². The molecular formula is C20H19N5O2S2. The summed E-state index contributed by atoms with van der Waals surface area (Å²) >= 11 is 2.99. The summed E-state index contributed by atoms with van der Waals surface area (Å²) in [5.74, 6) is 1.85. The van der Waals surface area contributed by atoms with Crippen LogP contribution < -0.4 is 10.1 Å². The summed E-state index contributed by atoms with van der Waals surface area (Å²) in [7, 11) is 0. The van der Waals surface area contributed by atoms with Gasteiger partial charge < -0.3 is 14.5 Å². The molecule has 29 heavy (non-hydrogen) atoms. The van der Waals surface area contributed by atoms with Gasteiger partial charge in [0.05, 0.1) is 17.5 Å². The van der Waals surface area contributed by atoms with Crippen molar-refractivity contribution in [2.45, 2.75) is 23.4 Å². The highest BCUT2D eigenvalue weighted by molar-refractivity contribution is 8.01. The Bertz CT molecular complexity index is 1070. The van der Waals surface area contributed by atoms with Crippen LogP contribution >= 0.6 is 23.1 Å². The van der Waals surface area contributed by atoms with E-state index < -0.39 is 0 Å². The summed E-state index contributed by atoms with van der Waals surface area (Å²) in [5, 5.41) is 20.7. The highest BCUT2D eigenvalue weighted by atomic mass is 32.2. The van der Waals surface area contributed by atoms with Crippen molar-refractivity contribution in [1.29, 1.82) is 0 Å². The van der Waals surface area contributed by atoms with Crippen LogP contribution in [0.5, 0.6) is 5.75 Å². The Labute approximate surface area is 176 Å². The second kappa shape index (κ2) is 9.06. The summed E-state index contributed by atoms with van der Waals surface area (Å²) in [6, 6.07) is 17.5. The fourth-order valence-electron chi connectivity index (χ4n) is 2.57. The molecule has 0 spiro atoms. The molecule has 1 atom stereocenters. The number of anilines is 2. The van der Waals surface area contributed by atoms with Gasteiger partial charge in [-0.3, -0.25) is 0 Å². The normalized spacial score (nSPS) is 11.9. The van der Waals surface area contributed by atoms with Gasteiger partial charge in [-0.05, 0) is 38.1 Å². The average molecular weight is 426 g/mol.